The maximum absolute atomic E-state index is 2.52. The van der Waals surface area contributed by atoms with E-state index in [4.69, 9.17) is 0 Å². The Morgan fingerprint density at radius 1 is 1.33 bits per heavy atom. The van der Waals surface area contributed by atoms with E-state index in [1.165, 1.54) is 12.8 Å². The fourth-order valence-electron chi connectivity index (χ4n) is 3.14. The van der Waals surface area contributed by atoms with Gasteiger partial charge in [-0.1, -0.05) is 11.6 Å². The monoisotopic (exact) mass is 120 g/mol. The zero-order valence-corrected chi connectivity index (χ0v) is 5.64. The maximum Gasteiger partial charge on any atom is -0.0169 e. The van der Waals surface area contributed by atoms with Gasteiger partial charge in [-0.3, -0.25) is 0 Å². The third-order valence-electron chi connectivity index (χ3n) is 3.48. The van der Waals surface area contributed by atoms with Crippen LogP contribution >= 0.6 is 0 Å². The summed E-state index contributed by atoms with van der Waals surface area (Å²) in [5.41, 5.74) is 1.83. The lowest BCUT2D eigenvalue weighted by Crippen LogP contribution is -2.04. The molecule has 2 bridgehead atoms. The smallest absolute Gasteiger partial charge is 0.0169 e. The highest BCUT2D eigenvalue weighted by Crippen LogP contribution is 2.56. The minimum atomic E-state index is 1.08. The van der Waals surface area contributed by atoms with Crippen molar-refractivity contribution in [1.82, 2.24) is 0 Å². The summed E-state index contributed by atoms with van der Waals surface area (Å²) in [7, 11) is 0. The Labute approximate surface area is 56.0 Å². The van der Waals surface area contributed by atoms with E-state index in [9.17, 15) is 0 Å². The molecule has 2 fully saturated rings. The average molecular weight is 120 g/mol. The number of hydrogen-bond donors (Lipinski definition) is 0. The molecule has 48 valence electrons. The summed E-state index contributed by atoms with van der Waals surface area (Å²) in [6.45, 7) is 0. The topological polar surface area (TPSA) is 0 Å². The van der Waals surface area contributed by atoms with Crippen molar-refractivity contribution < 1.29 is 0 Å². The summed E-state index contributed by atoms with van der Waals surface area (Å²) < 4.78 is 0. The molecule has 2 saturated carbocycles. The SMILES string of the molecule is C1=C2CC3CC(C1)C2C3. The molecule has 9 heavy (non-hydrogen) atoms. The van der Waals surface area contributed by atoms with Gasteiger partial charge in [0.15, 0.2) is 0 Å². The Balaban J connectivity index is 2.12. The first-order valence-electron chi connectivity index (χ1n) is 4.12. The van der Waals surface area contributed by atoms with E-state index >= 15 is 0 Å². The molecular formula is C9H12. The van der Waals surface area contributed by atoms with Gasteiger partial charge in [-0.15, -0.1) is 0 Å². The minimum Gasteiger partial charge on any atom is -0.0847 e. The predicted octanol–water partition coefficient (Wildman–Crippen LogP) is 2.36. The highest BCUT2D eigenvalue weighted by molar-refractivity contribution is 5.24. The zero-order valence-electron chi connectivity index (χ0n) is 5.64. The molecular weight excluding hydrogens is 108 g/mol. The Kier molecular flexibility index (Phi) is 0.633. The van der Waals surface area contributed by atoms with E-state index in [1.54, 1.807) is 12.8 Å². The van der Waals surface area contributed by atoms with Gasteiger partial charge in [-0.25, -0.2) is 0 Å². The van der Waals surface area contributed by atoms with Gasteiger partial charge in [0.05, 0.1) is 0 Å². The van der Waals surface area contributed by atoms with Gasteiger partial charge in [0.25, 0.3) is 0 Å². The second-order valence-electron chi connectivity index (χ2n) is 3.92. The molecule has 0 N–H and O–H groups in total. The Bertz CT molecular complexity index is 178. The first kappa shape index (κ1) is 4.54. The largest absolute Gasteiger partial charge is 0.0847 e. The average Bonchev–Trinajstić information content (AvgIpc) is 2.35. The molecule has 0 amide bonds. The fourth-order valence-corrected chi connectivity index (χ4v) is 3.14. The fraction of sp³-hybridized carbons (Fsp3) is 0.778. The highest BCUT2D eigenvalue weighted by Gasteiger charge is 2.44. The van der Waals surface area contributed by atoms with Crippen LogP contribution < -0.4 is 0 Å². The first-order valence-corrected chi connectivity index (χ1v) is 4.12. The van der Waals surface area contributed by atoms with Crippen molar-refractivity contribution in [2.75, 3.05) is 0 Å². The van der Waals surface area contributed by atoms with Crippen LogP contribution in [0.1, 0.15) is 25.7 Å². The summed E-state index contributed by atoms with van der Waals surface area (Å²) in [5, 5.41) is 0. The van der Waals surface area contributed by atoms with Gasteiger partial charge in [0.2, 0.25) is 0 Å². The van der Waals surface area contributed by atoms with Gasteiger partial charge < -0.3 is 0 Å². The minimum absolute atomic E-state index is 1.08. The Morgan fingerprint density at radius 2 is 2.33 bits per heavy atom. The lowest BCUT2D eigenvalue weighted by atomic mass is 9.91. The van der Waals surface area contributed by atoms with Crippen LogP contribution in [0, 0.1) is 17.8 Å². The van der Waals surface area contributed by atoms with E-state index in [1.807, 2.05) is 5.57 Å². The molecule has 3 aliphatic rings. The van der Waals surface area contributed by atoms with Crippen LogP contribution in [0.2, 0.25) is 0 Å². The van der Waals surface area contributed by atoms with Crippen LogP contribution in [0.3, 0.4) is 0 Å². The second-order valence-corrected chi connectivity index (χ2v) is 3.92. The van der Waals surface area contributed by atoms with Gasteiger partial charge in [-0.2, -0.15) is 0 Å². The molecule has 3 atom stereocenters. The van der Waals surface area contributed by atoms with Crippen LogP contribution in [0.15, 0.2) is 11.6 Å². The van der Waals surface area contributed by atoms with E-state index in [0.29, 0.717) is 0 Å². The van der Waals surface area contributed by atoms with Crippen LogP contribution in [-0.2, 0) is 0 Å². The van der Waals surface area contributed by atoms with Gasteiger partial charge in [0.1, 0.15) is 0 Å². The first-order chi connectivity index (χ1) is 4.43. The Hall–Kier alpha value is -0.260. The van der Waals surface area contributed by atoms with E-state index < -0.39 is 0 Å². The molecule has 0 aromatic rings. The molecule has 0 nitrogen and oxygen atoms in total. The standard InChI is InChI=1S/C9H12/c1-2-8-4-6-3-7(1)9(8)5-6/h1,6,8-9H,2-5H2. The second kappa shape index (κ2) is 1.25. The number of fused-ring (bicyclic) bond motifs is 1. The number of allylic oxidation sites excluding steroid dienone is 2. The molecule has 0 saturated heterocycles. The number of hydrogen-bond acceptors (Lipinski definition) is 0. The van der Waals surface area contributed by atoms with Crippen molar-refractivity contribution >= 4 is 0 Å². The third kappa shape index (κ3) is 0.417. The van der Waals surface area contributed by atoms with E-state index in [-0.39, 0.29) is 0 Å². The normalized spacial score (nSPS) is 52.4. The van der Waals surface area contributed by atoms with Crippen LogP contribution in [0.4, 0.5) is 0 Å². The summed E-state index contributed by atoms with van der Waals surface area (Å²) >= 11 is 0. The quantitative estimate of drug-likeness (QED) is 0.430. The molecule has 0 spiro atoms. The summed E-state index contributed by atoms with van der Waals surface area (Å²) in [5.74, 6) is 3.31. The summed E-state index contributed by atoms with van der Waals surface area (Å²) in [4.78, 5) is 0. The predicted molar refractivity (Wildman–Crippen MR) is 37.0 cm³/mol. The molecule has 3 unspecified atom stereocenters. The molecule has 0 radical (unpaired) electrons. The van der Waals surface area contributed by atoms with Gasteiger partial charge >= 0.3 is 0 Å². The van der Waals surface area contributed by atoms with Crippen molar-refractivity contribution in [3.63, 3.8) is 0 Å². The van der Waals surface area contributed by atoms with Gasteiger partial charge in [-0.05, 0) is 43.4 Å². The van der Waals surface area contributed by atoms with E-state index in [0.717, 1.165) is 17.8 Å². The van der Waals surface area contributed by atoms with Crippen LogP contribution in [0.5, 0.6) is 0 Å². The molecule has 0 aromatic heterocycles. The van der Waals surface area contributed by atoms with Crippen molar-refractivity contribution in [1.29, 1.82) is 0 Å². The third-order valence-corrected chi connectivity index (χ3v) is 3.48. The van der Waals surface area contributed by atoms with Crippen LogP contribution in [0.25, 0.3) is 0 Å². The molecule has 0 heterocycles. The summed E-state index contributed by atoms with van der Waals surface area (Å²) in [6.07, 6.45) is 8.53. The van der Waals surface area contributed by atoms with Crippen LogP contribution in [-0.4, -0.2) is 0 Å². The zero-order chi connectivity index (χ0) is 5.84. The van der Waals surface area contributed by atoms with Gasteiger partial charge in [0, 0.05) is 0 Å². The van der Waals surface area contributed by atoms with Crippen molar-refractivity contribution in [3.05, 3.63) is 11.6 Å². The van der Waals surface area contributed by atoms with Crippen molar-refractivity contribution in [2.24, 2.45) is 17.8 Å². The number of rotatable bonds is 0. The van der Waals surface area contributed by atoms with E-state index in [2.05, 4.69) is 6.08 Å². The molecule has 0 heteroatoms. The molecule has 0 aliphatic heterocycles. The maximum atomic E-state index is 2.52. The lowest BCUT2D eigenvalue weighted by molar-refractivity contribution is 0.436. The summed E-state index contributed by atoms with van der Waals surface area (Å²) in [6, 6.07) is 0. The lowest BCUT2D eigenvalue weighted by Gasteiger charge is -2.14. The molecule has 3 aliphatic carbocycles. The highest BCUT2D eigenvalue weighted by atomic mass is 14.5. The molecule has 0 aromatic carbocycles. The molecule has 3 rings (SSSR count). The Morgan fingerprint density at radius 3 is 3.00 bits per heavy atom. The van der Waals surface area contributed by atoms with Crippen molar-refractivity contribution in [3.8, 4) is 0 Å². The van der Waals surface area contributed by atoms with Crippen molar-refractivity contribution in [2.45, 2.75) is 25.7 Å².